The Balaban J connectivity index is 0.00000940. The van der Waals surface area contributed by atoms with Gasteiger partial charge in [0.1, 0.15) is 23.0 Å². The van der Waals surface area contributed by atoms with Crippen molar-refractivity contribution in [3.8, 4) is 67.5 Å². The maximum atomic E-state index is 6.47. The minimum Gasteiger partial charge on any atom is -0.657 e. The van der Waals surface area contributed by atoms with Crippen LogP contribution in [0.15, 0.2) is 121 Å². The van der Waals surface area contributed by atoms with Gasteiger partial charge >= 0.3 is 19.5 Å². The quantitative estimate of drug-likeness (QED) is 0.0385. The fourth-order valence-electron chi connectivity index (χ4n) is 11.6. The van der Waals surface area contributed by atoms with Gasteiger partial charge in [-0.05, 0) is 167 Å². The van der Waals surface area contributed by atoms with Crippen LogP contribution in [0.4, 0.5) is 0 Å². The molecule has 0 spiro atoms. The molecule has 8 nitrogen and oxygen atoms in total. The van der Waals surface area contributed by atoms with Crippen LogP contribution < -0.4 is 28.9 Å². The average molecular weight is 1190 g/mol. The first-order valence-electron chi connectivity index (χ1n) is 32.2. The topological polar surface area (TPSA) is 90.9 Å². The van der Waals surface area contributed by atoms with Crippen LogP contribution in [0, 0.1) is 23.7 Å². The van der Waals surface area contributed by atoms with E-state index in [-0.39, 0.29) is 19.5 Å². The third-order valence-electron chi connectivity index (χ3n) is 17.3. The number of ether oxygens (including phenoxy) is 4. The summed E-state index contributed by atoms with van der Waals surface area (Å²) in [6.45, 7) is 20.9. The van der Waals surface area contributed by atoms with Gasteiger partial charge in [-0.1, -0.05) is 205 Å². The zero-order chi connectivity index (χ0) is 58.6. The van der Waals surface area contributed by atoms with E-state index in [4.69, 9.17) is 38.9 Å². The fourth-order valence-corrected chi connectivity index (χ4v) is 11.6. The summed E-state index contributed by atoms with van der Waals surface area (Å²) >= 11 is 0. The van der Waals surface area contributed by atoms with Crippen molar-refractivity contribution in [2.75, 3.05) is 26.4 Å². The predicted molar refractivity (Wildman–Crippen MR) is 354 cm³/mol. The molecule has 4 atom stereocenters. The van der Waals surface area contributed by atoms with Crippen LogP contribution in [-0.2, 0) is 19.5 Å². The van der Waals surface area contributed by atoms with Crippen molar-refractivity contribution in [2.45, 2.75) is 158 Å². The van der Waals surface area contributed by atoms with Crippen molar-refractivity contribution in [3.05, 3.63) is 144 Å². The Morgan fingerprint density at radius 2 is 0.518 bits per heavy atom. The summed E-state index contributed by atoms with van der Waals surface area (Å²) in [6, 6.07) is 42.6. The Morgan fingerprint density at radius 1 is 0.306 bits per heavy atom. The third kappa shape index (κ3) is 16.8. The first kappa shape index (κ1) is 64.3. The van der Waals surface area contributed by atoms with Gasteiger partial charge in [0.25, 0.3) is 0 Å². The van der Waals surface area contributed by atoms with Gasteiger partial charge in [-0.3, -0.25) is 0 Å². The molecule has 9 rings (SSSR count). The molecule has 4 aromatic carbocycles. The van der Waals surface area contributed by atoms with Crippen molar-refractivity contribution in [1.29, 1.82) is 0 Å². The van der Waals surface area contributed by atoms with Gasteiger partial charge in [-0.15, -0.1) is 22.1 Å². The first-order chi connectivity index (χ1) is 41.3. The molecule has 2 aliphatic heterocycles. The summed E-state index contributed by atoms with van der Waals surface area (Å²) in [7, 11) is 0. The van der Waals surface area contributed by atoms with E-state index in [1.54, 1.807) is 0 Å². The van der Waals surface area contributed by atoms with Gasteiger partial charge < -0.3 is 28.9 Å². The second-order valence-corrected chi connectivity index (χ2v) is 23.4. The normalized spacial score (nSPS) is 13.3. The van der Waals surface area contributed by atoms with E-state index in [0.29, 0.717) is 50.1 Å². The second kappa shape index (κ2) is 32.7. The molecule has 0 radical (unpaired) electrons. The van der Waals surface area contributed by atoms with Crippen molar-refractivity contribution in [3.63, 3.8) is 0 Å². The molecule has 2 aliphatic rings. The van der Waals surface area contributed by atoms with Gasteiger partial charge in [-0.2, -0.15) is 0 Å². The van der Waals surface area contributed by atoms with Crippen LogP contribution in [0.1, 0.15) is 181 Å². The largest absolute Gasteiger partial charge is 2.00 e. The fraction of sp³-hybridized carbons (Fsp3) is 0.421. The molecule has 3 aromatic heterocycles. The summed E-state index contributed by atoms with van der Waals surface area (Å²) in [4.78, 5) is 22.3. The van der Waals surface area contributed by atoms with Crippen LogP contribution in [0.2, 0.25) is 0 Å². The summed E-state index contributed by atoms with van der Waals surface area (Å²) in [5.74, 6) is 5.54. The van der Waals surface area contributed by atoms with Gasteiger partial charge in [0.15, 0.2) is 0 Å². The molecule has 0 N–H and O–H groups in total. The third-order valence-corrected chi connectivity index (χ3v) is 17.3. The molecule has 85 heavy (non-hydrogen) atoms. The van der Waals surface area contributed by atoms with Crippen LogP contribution in [0.5, 0.6) is 23.0 Å². The Hall–Kier alpha value is -6.70. The molecule has 4 unspecified atom stereocenters. The van der Waals surface area contributed by atoms with Gasteiger partial charge in [0.05, 0.1) is 49.2 Å². The van der Waals surface area contributed by atoms with Crippen LogP contribution in [0.25, 0.3) is 90.9 Å². The van der Waals surface area contributed by atoms with E-state index in [1.807, 2.05) is 0 Å². The standard InChI is InChI=1S/C76H92N4O4.Zn/c1-9-17-21-53(13-5)49-81-61-33-25-57(26-34-61)73-65-41-43-67(77-65)74(58-27-35-62(36-28-58)82-50-54(14-6)22-18-10-2)69-45-47-71(79-69)76(60-31-39-64(40-32-60)84-52-56(16-8)24-20-12-4)72-48-46-70(80-72)75(68-44-42-66(73)78-68)59-29-37-63(38-30-59)83-51-55(15-7)23-19-11-3;/h25-48,53-56H,9-24,49-52H2,1-8H3;/q-2;+2. The smallest absolute Gasteiger partial charge is 0.657 e. The van der Waals surface area contributed by atoms with E-state index < -0.39 is 0 Å². The summed E-state index contributed by atoms with van der Waals surface area (Å²) in [5, 5.41) is 0. The number of hydrogen-bond acceptors (Lipinski definition) is 6. The SMILES string of the molecule is CCCCC(CC)COc1ccc(-c2c3nc(c(-c4ccc(OCC(CC)CCCC)cc4)c4ccc([n-]4)c(-c4ccc(OCC(CC)CCCC)cc4)c4nc(c(-c5ccc(OCC(CC)CCCC)cc5)c5ccc2[n-]5)C=C4)C=C3)cc1.[Zn+2]. The molecule has 0 saturated heterocycles. The Morgan fingerprint density at radius 3 is 0.706 bits per heavy atom. The first-order valence-corrected chi connectivity index (χ1v) is 32.2. The Bertz CT molecular complexity index is 2970. The molecule has 0 amide bonds. The number of hydrogen-bond donors (Lipinski definition) is 0. The van der Waals surface area contributed by atoms with E-state index in [1.165, 1.54) is 77.0 Å². The number of rotatable bonds is 32. The van der Waals surface area contributed by atoms with E-state index >= 15 is 0 Å². The molecule has 0 fully saturated rings. The van der Waals surface area contributed by atoms with Crippen molar-refractivity contribution >= 4 is 46.4 Å². The maximum Gasteiger partial charge on any atom is 2.00 e. The number of benzene rings is 4. The summed E-state index contributed by atoms with van der Waals surface area (Å²) in [5.41, 5.74) is 14.2. The number of unbranched alkanes of at least 4 members (excludes halogenated alkanes) is 4. The molecule has 0 aliphatic carbocycles. The summed E-state index contributed by atoms with van der Waals surface area (Å²) < 4.78 is 25.9. The molecule has 7 aromatic rings. The molecular formula is C76H92N4O4Zn. The van der Waals surface area contributed by atoms with E-state index in [9.17, 15) is 0 Å². The van der Waals surface area contributed by atoms with Gasteiger partial charge in [0.2, 0.25) is 0 Å². The summed E-state index contributed by atoms with van der Waals surface area (Å²) in [6.07, 6.45) is 27.3. The number of fused-ring (bicyclic) bond motifs is 8. The Labute approximate surface area is 521 Å². The zero-order valence-corrected chi connectivity index (χ0v) is 55.4. The molecule has 442 valence electrons. The maximum absolute atomic E-state index is 6.47. The minimum absolute atomic E-state index is 0. The predicted octanol–water partition coefficient (Wildman–Crippen LogP) is 21.0. The molecule has 9 heteroatoms. The zero-order valence-electron chi connectivity index (χ0n) is 52.4. The van der Waals surface area contributed by atoms with Crippen molar-refractivity contribution in [1.82, 2.24) is 19.9 Å². The average Bonchev–Trinajstić information content (AvgIpc) is 4.15. The molecular weight excluding hydrogens is 1100 g/mol. The van der Waals surface area contributed by atoms with E-state index in [0.717, 1.165) is 138 Å². The number of nitrogens with zero attached hydrogens (tertiary/aromatic N) is 4. The Kier molecular flexibility index (Phi) is 24.7. The van der Waals surface area contributed by atoms with Gasteiger partial charge in [0, 0.05) is 0 Å². The van der Waals surface area contributed by atoms with Crippen LogP contribution in [-0.4, -0.2) is 36.4 Å². The van der Waals surface area contributed by atoms with Crippen LogP contribution >= 0.6 is 0 Å². The second-order valence-electron chi connectivity index (χ2n) is 23.4. The number of aromatic nitrogens is 4. The molecule has 8 bridgehead atoms. The monoisotopic (exact) mass is 1190 g/mol. The van der Waals surface area contributed by atoms with Crippen LogP contribution in [0.3, 0.4) is 0 Å². The molecule has 5 heterocycles. The van der Waals surface area contributed by atoms with E-state index in [2.05, 4.69) is 201 Å². The van der Waals surface area contributed by atoms with Crippen molar-refractivity contribution in [2.24, 2.45) is 23.7 Å². The van der Waals surface area contributed by atoms with Gasteiger partial charge in [-0.25, -0.2) is 9.97 Å². The van der Waals surface area contributed by atoms with Crippen molar-refractivity contribution < 1.29 is 38.4 Å². The minimum atomic E-state index is 0. The molecule has 0 saturated carbocycles.